The molecule has 0 saturated carbocycles. The van der Waals surface area contributed by atoms with Crippen LogP contribution in [0, 0.1) is 0 Å². The number of halogens is 1. The fraction of sp³-hybridized carbons (Fsp3) is 0.372. The first-order valence-electron chi connectivity index (χ1n) is 18.3. The molecule has 5 aromatic rings. The number of ether oxygens (including phenoxy) is 1. The van der Waals surface area contributed by atoms with E-state index in [0.29, 0.717) is 36.2 Å². The van der Waals surface area contributed by atoms with Crippen LogP contribution in [-0.2, 0) is 30.6 Å². The van der Waals surface area contributed by atoms with E-state index < -0.39 is 8.32 Å². The van der Waals surface area contributed by atoms with Crippen LogP contribution in [0.3, 0.4) is 0 Å². The molecule has 4 aromatic carbocycles. The molecule has 0 fully saturated rings. The van der Waals surface area contributed by atoms with Gasteiger partial charge in [0, 0.05) is 40.6 Å². The molecule has 0 saturated heterocycles. The van der Waals surface area contributed by atoms with E-state index >= 15 is 0 Å². The average molecular weight is 740 g/mol. The number of nitrogens with one attached hydrogen (secondary N) is 3. The standard InChI is InChI=1S/C43H54ClN3O4Si/c1-7-11-37(23-32-16-20-38-34(22-32)25-39(47-38)42(49)46-26-30-14-18-36(44)19-15-30)45-27-41(51-52(5,6)43(2,3)4)33-17-21-40(35(24-33)28-48)50-29-31-12-9-8-10-13-31/h8-10,12-22,24-25,37,41,45,47-48H,7,11,23,26-29H2,1-6H3,(H,46,49)/t37-,41+/m1/s1. The molecular formula is C43H54ClN3O4Si. The van der Waals surface area contributed by atoms with Gasteiger partial charge in [-0.15, -0.1) is 0 Å². The largest absolute Gasteiger partial charge is 0.489 e. The number of rotatable bonds is 17. The zero-order chi connectivity index (χ0) is 37.3. The number of carbonyl (C=O) groups is 1. The minimum Gasteiger partial charge on any atom is -0.489 e. The number of fused-ring (bicyclic) bond motifs is 1. The molecule has 0 aliphatic rings. The molecule has 52 heavy (non-hydrogen) atoms. The molecule has 1 aromatic heterocycles. The van der Waals surface area contributed by atoms with Crippen molar-refractivity contribution >= 4 is 36.7 Å². The molecule has 276 valence electrons. The van der Waals surface area contributed by atoms with Crippen LogP contribution >= 0.6 is 11.6 Å². The Morgan fingerprint density at radius 3 is 2.35 bits per heavy atom. The first kappa shape index (κ1) is 39.3. The smallest absolute Gasteiger partial charge is 0.267 e. The number of carbonyl (C=O) groups excluding carboxylic acids is 1. The third-order valence-electron chi connectivity index (χ3n) is 10.1. The second kappa shape index (κ2) is 17.7. The maximum atomic E-state index is 13.0. The van der Waals surface area contributed by atoms with Crippen LogP contribution in [0.5, 0.6) is 5.75 Å². The Morgan fingerprint density at radius 1 is 0.923 bits per heavy atom. The number of aliphatic hydroxyl groups excluding tert-OH is 1. The van der Waals surface area contributed by atoms with Gasteiger partial charge in [0.2, 0.25) is 0 Å². The molecule has 2 atom stereocenters. The lowest BCUT2D eigenvalue weighted by atomic mass is 10.00. The zero-order valence-corrected chi connectivity index (χ0v) is 33.1. The average Bonchev–Trinajstić information content (AvgIpc) is 3.56. The van der Waals surface area contributed by atoms with Gasteiger partial charge in [0.15, 0.2) is 8.32 Å². The summed E-state index contributed by atoms with van der Waals surface area (Å²) >= 11 is 6.00. The minimum absolute atomic E-state index is 0.0319. The summed E-state index contributed by atoms with van der Waals surface area (Å²) in [5.41, 5.74) is 6.51. The van der Waals surface area contributed by atoms with Gasteiger partial charge in [-0.3, -0.25) is 4.79 Å². The lowest BCUT2D eigenvalue weighted by molar-refractivity contribution is 0.0946. The van der Waals surface area contributed by atoms with Gasteiger partial charge in [0.05, 0.1) is 12.7 Å². The Bertz CT molecular complexity index is 1900. The number of hydrogen-bond donors (Lipinski definition) is 4. The van der Waals surface area contributed by atoms with E-state index in [2.05, 4.69) is 80.7 Å². The summed E-state index contributed by atoms with van der Waals surface area (Å²) in [5, 5.41) is 18.9. The SMILES string of the molecule is CCC[C@H](Cc1ccc2[nH]c(C(=O)NCc3ccc(Cl)cc3)cc2c1)NC[C@H](O[Si](C)(C)C(C)(C)C)c1ccc(OCc2ccccc2)c(CO)c1. The van der Waals surface area contributed by atoms with Gasteiger partial charge >= 0.3 is 0 Å². The van der Waals surface area contributed by atoms with E-state index in [-0.39, 0.29) is 29.7 Å². The first-order valence-corrected chi connectivity index (χ1v) is 21.6. The van der Waals surface area contributed by atoms with Crippen molar-refractivity contribution in [2.45, 2.75) is 97.0 Å². The minimum atomic E-state index is -2.16. The highest BCUT2D eigenvalue weighted by Gasteiger charge is 2.39. The number of benzene rings is 4. The number of aromatic amines is 1. The van der Waals surface area contributed by atoms with Crippen molar-refractivity contribution in [1.29, 1.82) is 0 Å². The van der Waals surface area contributed by atoms with Gasteiger partial charge in [0.1, 0.15) is 18.1 Å². The van der Waals surface area contributed by atoms with Gasteiger partial charge in [-0.2, -0.15) is 0 Å². The Labute approximate surface area is 315 Å². The van der Waals surface area contributed by atoms with E-state index in [1.165, 1.54) is 5.56 Å². The number of amides is 1. The van der Waals surface area contributed by atoms with Crippen molar-refractivity contribution in [3.8, 4) is 5.75 Å². The summed E-state index contributed by atoms with van der Waals surface area (Å²) in [5.74, 6) is 0.534. The number of aliphatic hydroxyl groups is 1. The Balaban J connectivity index is 1.29. The van der Waals surface area contributed by atoms with Crippen LogP contribution in [-0.4, -0.2) is 36.9 Å². The summed E-state index contributed by atoms with van der Waals surface area (Å²) in [6, 6.07) is 32.1. The van der Waals surface area contributed by atoms with Crippen LogP contribution in [0.2, 0.25) is 23.2 Å². The van der Waals surface area contributed by atoms with Gasteiger partial charge in [-0.25, -0.2) is 0 Å². The number of aromatic nitrogens is 1. The summed E-state index contributed by atoms with van der Waals surface area (Å²) in [7, 11) is -2.16. The topological polar surface area (TPSA) is 95.6 Å². The van der Waals surface area contributed by atoms with Crippen molar-refractivity contribution in [3.63, 3.8) is 0 Å². The zero-order valence-electron chi connectivity index (χ0n) is 31.4. The van der Waals surface area contributed by atoms with E-state index in [4.69, 9.17) is 20.8 Å². The molecule has 0 bridgehead atoms. The van der Waals surface area contributed by atoms with Crippen molar-refractivity contribution in [2.24, 2.45) is 0 Å². The molecule has 5 rings (SSSR count). The molecule has 0 unspecified atom stereocenters. The van der Waals surface area contributed by atoms with E-state index in [9.17, 15) is 9.90 Å². The highest BCUT2D eigenvalue weighted by Crippen LogP contribution is 2.40. The van der Waals surface area contributed by atoms with Crippen LogP contribution in [0.1, 0.15) is 84.9 Å². The molecule has 7 nitrogen and oxygen atoms in total. The van der Waals surface area contributed by atoms with Gasteiger partial charge in [0.25, 0.3) is 5.91 Å². The molecule has 4 N–H and O–H groups in total. The molecule has 0 spiro atoms. The fourth-order valence-electron chi connectivity index (χ4n) is 6.05. The molecule has 0 aliphatic heterocycles. The van der Waals surface area contributed by atoms with Crippen LogP contribution in [0.4, 0.5) is 0 Å². The maximum absolute atomic E-state index is 13.0. The highest BCUT2D eigenvalue weighted by molar-refractivity contribution is 6.74. The van der Waals surface area contributed by atoms with Crippen molar-refractivity contribution in [3.05, 3.63) is 136 Å². The van der Waals surface area contributed by atoms with Crippen LogP contribution in [0.25, 0.3) is 10.9 Å². The third-order valence-corrected chi connectivity index (χ3v) is 14.9. The molecular weight excluding hydrogens is 686 g/mol. The predicted octanol–water partition coefficient (Wildman–Crippen LogP) is 9.89. The van der Waals surface area contributed by atoms with Crippen LogP contribution < -0.4 is 15.4 Å². The monoisotopic (exact) mass is 739 g/mol. The van der Waals surface area contributed by atoms with Crippen molar-refractivity contribution < 1.29 is 19.1 Å². The Kier molecular flexibility index (Phi) is 13.4. The molecule has 0 radical (unpaired) electrons. The summed E-state index contributed by atoms with van der Waals surface area (Å²) in [4.78, 5) is 16.3. The molecule has 9 heteroatoms. The highest BCUT2D eigenvalue weighted by atomic mass is 35.5. The normalized spacial score (nSPS) is 13.2. The lowest BCUT2D eigenvalue weighted by Gasteiger charge is -2.40. The summed E-state index contributed by atoms with van der Waals surface area (Å²) in [6.07, 6.45) is 2.69. The number of hydrogen-bond acceptors (Lipinski definition) is 5. The van der Waals surface area contributed by atoms with Crippen LogP contribution in [0.15, 0.2) is 97.1 Å². The van der Waals surface area contributed by atoms with Gasteiger partial charge in [-0.05, 0) is 95.7 Å². The molecule has 1 amide bonds. The van der Waals surface area contributed by atoms with Gasteiger partial charge in [-0.1, -0.05) is 100 Å². The fourth-order valence-corrected chi connectivity index (χ4v) is 7.46. The summed E-state index contributed by atoms with van der Waals surface area (Å²) in [6.45, 7) is 14.9. The van der Waals surface area contributed by atoms with Gasteiger partial charge < -0.3 is 29.9 Å². The number of H-pyrrole nitrogens is 1. The van der Waals surface area contributed by atoms with E-state index in [1.807, 2.05) is 72.8 Å². The Hall–Kier alpha value is -3.92. The second-order valence-electron chi connectivity index (χ2n) is 15.2. The van der Waals surface area contributed by atoms with Crippen molar-refractivity contribution in [2.75, 3.05) is 6.54 Å². The quantitative estimate of drug-likeness (QED) is 0.0713. The third kappa shape index (κ3) is 10.6. The first-order chi connectivity index (χ1) is 24.8. The molecule has 0 aliphatic carbocycles. The van der Waals surface area contributed by atoms with E-state index in [1.54, 1.807) is 0 Å². The van der Waals surface area contributed by atoms with Crippen molar-refractivity contribution in [1.82, 2.24) is 15.6 Å². The predicted molar refractivity (Wildman–Crippen MR) is 215 cm³/mol. The van der Waals surface area contributed by atoms with E-state index in [0.717, 1.165) is 52.4 Å². The molecule has 1 heterocycles. The Morgan fingerprint density at radius 2 is 1.65 bits per heavy atom. The second-order valence-corrected chi connectivity index (χ2v) is 20.4. The summed E-state index contributed by atoms with van der Waals surface area (Å²) < 4.78 is 13.2. The lowest BCUT2D eigenvalue weighted by Crippen LogP contribution is -2.44. The maximum Gasteiger partial charge on any atom is 0.267 e.